The molecule has 1 heterocycles. The van der Waals surface area contributed by atoms with Crippen molar-refractivity contribution >= 4 is 0 Å². The zero-order chi connectivity index (χ0) is 12.1. The lowest BCUT2D eigenvalue weighted by Gasteiger charge is -2.11. The summed E-state index contributed by atoms with van der Waals surface area (Å²) in [5.41, 5.74) is 2.06. The number of rotatable bonds is 4. The largest absolute Gasteiger partial charge is 0.265 e. The number of halogens is 1. The predicted octanol–water partition coefficient (Wildman–Crippen LogP) is 3.96. The molecular weight excluding hydrogens is 213 g/mol. The number of aromatic nitrogens is 1. The van der Waals surface area contributed by atoms with E-state index in [1.54, 1.807) is 18.5 Å². The van der Waals surface area contributed by atoms with Crippen molar-refractivity contribution in [2.75, 3.05) is 0 Å². The Kier molecular flexibility index (Phi) is 3.86. The van der Waals surface area contributed by atoms with E-state index < -0.39 is 0 Å². The molecule has 0 spiro atoms. The number of hydrogen-bond donors (Lipinski definition) is 0. The van der Waals surface area contributed by atoms with Crippen LogP contribution in [-0.2, 0) is 6.42 Å². The number of pyridine rings is 1. The van der Waals surface area contributed by atoms with Crippen LogP contribution in [0.25, 0.3) is 0 Å². The second kappa shape index (κ2) is 5.58. The second-order valence-electron chi connectivity index (χ2n) is 4.31. The van der Waals surface area contributed by atoms with Crippen LogP contribution in [0.15, 0.2) is 48.8 Å². The third kappa shape index (κ3) is 3.13. The van der Waals surface area contributed by atoms with Crippen molar-refractivity contribution in [3.05, 3.63) is 65.7 Å². The van der Waals surface area contributed by atoms with E-state index in [0.717, 1.165) is 18.4 Å². The second-order valence-corrected chi connectivity index (χ2v) is 4.31. The lowest BCUT2D eigenvalue weighted by atomic mass is 9.95. The summed E-state index contributed by atoms with van der Waals surface area (Å²) < 4.78 is 13.4. The van der Waals surface area contributed by atoms with Crippen LogP contribution in [-0.4, -0.2) is 4.98 Å². The van der Waals surface area contributed by atoms with Gasteiger partial charge < -0.3 is 0 Å². The lowest BCUT2D eigenvalue weighted by molar-refractivity contribution is 0.592. The van der Waals surface area contributed by atoms with Gasteiger partial charge in [-0.05, 0) is 48.1 Å². The van der Waals surface area contributed by atoms with Crippen LogP contribution in [0.5, 0.6) is 0 Å². The van der Waals surface area contributed by atoms with Crippen LogP contribution >= 0.6 is 0 Å². The van der Waals surface area contributed by atoms with E-state index in [4.69, 9.17) is 0 Å². The summed E-state index contributed by atoms with van der Waals surface area (Å²) in [5.74, 6) is 0.326. The molecule has 0 aliphatic rings. The van der Waals surface area contributed by atoms with E-state index in [1.165, 1.54) is 11.6 Å². The van der Waals surface area contributed by atoms with Gasteiger partial charge in [0.2, 0.25) is 0 Å². The fraction of sp³-hybridized carbons (Fsp3) is 0.267. The Morgan fingerprint density at radius 1 is 1.12 bits per heavy atom. The third-order valence-corrected chi connectivity index (χ3v) is 3.08. The van der Waals surface area contributed by atoms with Crippen molar-refractivity contribution in [3.8, 4) is 0 Å². The molecule has 2 heteroatoms. The van der Waals surface area contributed by atoms with Gasteiger partial charge in [-0.25, -0.2) is 4.39 Å². The van der Waals surface area contributed by atoms with Crippen LogP contribution < -0.4 is 0 Å². The molecule has 0 saturated heterocycles. The lowest BCUT2D eigenvalue weighted by Crippen LogP contribution is -1.98. The van der Waals surface area contributed by atoms with Crippen LogP contribution in [0.1, 0.15) is 30.4 Å². The van der Waals surface area contributed by atoms with Gasteiger partial charge in [-0.15, -0.1) is 0 Å². The van der Waals surface area contributed by atoms with Crippen LogP contribution in [0.3, 0.4) is 0 Å². The summed E-state index contributed by atoms with van der Waals surface area (Å²) in [4.78, 5) is 4.00. The summed E-state index contributed by atoms with van der Waals surface area (Å²) in [6, 6.07) is 11.0. The quantitative estimate of drug-likeness (QED) is 0.773. The topological polar surface area (TPSA) is 12.9 Å². The summed E-state index contributed by atoms with van der Waals surface area (Å²) in [6.45, 7) is 2.16. The highest BCUT2D eigenvalue weighted by Crippen LogP contribution is 2.21. The first-order valence-electron chi connectivity index (χ1n) is 5.90. The van der Waals surface area contributed by atoms with Gasteiger partial charge in [0.1, 0.15) is 5.82 Å². The molecule has 0 amide bonds. The summed E-state index contributed by atoms with van der Waals surface area (Å²) >= 11 is 0. The Bertz CT molecular complexity index is 467. The van der Waals surface area contributed by atoms with Gasteiger partial charge in [-0.2, -0.15) is 0 Å². The molecule has 17 heavy (non-hydrogen) atoms. The molecule has 1 aromatic heterocycles. The van der Waals surface area contributed by atoms with Gasteiger partial charge in [0, 0.05) is 12.4 Å². The maximum absolute atomic E-state index is 13.4. The van der Waals surface area contributed by atoms with Crippen LogP contribution in [0, 0.1) is 5.82 Å². The molecule has 0 aliphatic heterocycles. The Labute approximate surface area is 101 Å². The summed E-state index contributed by atoms with van der Waals surface area (Å²) in [7, 11) is 0. The fourth-order valence-corrected chi connectivity index (χ4v) is 1.93. The molecule has 0 bridgehead atoms. The first-order chi connectivity index (χ1) is 8.27. The molecule has 0 N–H and O–H groups in total. The molecule has 0 radical (unpaired) electrons. The first kappa shape index (κ1) is 11.8. The Hall–Kier alpha value is -1.70. The smallest absolute Gasteiger partial charge is 0.126 e. The molecule has 1 nitrogen and oxygen atoms in total. The van der Waals surface area contributed by atoms with E-state index in [-0.39, 0.29) is 5.82 Å². The van der Waals surface area contributed by atoms with Gasteiger partial charge >= 0.3 is 0 Å². The van der Waals surface area contributed by atoms with Crippen molar-refractivity contribution < 1.29 is 4.39 Å². The molecule has 0 fully saturated rings. The minimum absolute atomic E-state index is 0.102. The number of nitrogens with zero attached hydrogens (tertiary/aromatic N) is 1. The molecule has 0 saturated carbocycles. The monoisotopic (exact) mass is 229 g/mol. The third-order valence-electron chi connectivity index (χ3n) is 3.08. The highest BCUT2D eigenvalue weighted by Gasteiger charge is 2.07. The van der Waals surface area contributed by atoms with Crippen LogP contribution in [0.4, 0.5) is 4.39 Å². The van der Waals surface area contributed by atoms with Crippen molar-refractivity contribution in [1.29, 1.82) is 0 Å². The Morgan fingerprint density at radius 2 is 1.82 bits per heavy atom. The van der Waals surface area contributed by atoms with Gasteiger partial charge in [0.05, 0.1) is 0 Å². The fourth-order valence-electron chi connectivity index (χ4n) is 1.93. The van der Waals surface area contributed by atoms with E-state index in [1.807, 2.05) is 24.3 Å². The zero-order valence-corrected chi connectivity index (χ0v) is 9.94. The first-order valence-corrected chi connectivity index (χ1v) is 5.90. The van der Waals surface area contributed by atoms with Crippen molar-refractivity contribution in [2.24, 2.45) is 0 Å². The molecule has 1 unspecified atom stereocenters. The van der Waals surface area contributed by atoms with E-state index in [9.17, 15) is 4.39 Å². The van der Waals surface area contributed by atoms with Crippen molar-refractivity contribution in [2.45, 2.75) is 25.7 Å². The van der Waals surface area contributed by atoms with Gasteiger partial charge in [0.25, 0.3) is 0 Å². The van der Waals surface area contributed by atoms with Crippen molar-refractivity contribution in [1.82, 2.24) is 4.98 Å². The SMILES string of the molecule is CC(CCc1ccccc1F)c1ccncc1. The van der Waals surface area contributed by atoms with Gasteiger partial charge in [-0.1, -0.05) is 25.1 Å². The molecule has 2 aromatic rings. The molecule has 1 atom stereocenters. The van der Waals surface area contributed by atoms with Gasteiger partial charge in [-0.3, -0.25) is 4.98 Å². The molecule has 1 aromatic carbocycles. The van der Waals surface area contributed by atoms with Crippen molar-refractivity contribution in [3.63, 3.8) is 0 Å². The average Bonchev–Trinajstić information content (AvgIpc) is 2.38. The number of benzene rings is 1. The summed E-state index contributed by atoms with van der Waals surface area (Å²) in [5, 5.41) is 0. The predicted molar refractivity (Wildman–Crippen MR) is 67.4 cm³/mol. The average molecular weight is 229 g/mol. The van der Waals surface area contributed by atoms with E-state index in [2.05, 4.69) is 11.9 Å². The standard InChI is InChI=1S/C15H16FN/c1-12(13-8-10-17-11-9-13)6-7-14-4-2-3-5-15(14)16/h2-5,8-12H,6-7H2,1H3. The molecule has 0 aliphatic carbocycles. The highest BCUT2D eigenvalue weighted by molar-refractivity contribution is 5.19. The van der Waals surface area contributed by atoms with E-state index >= 15 is 0 Å². The van der Waals surface area contributed by atoms with E-state index in [0.29, 0.717) is 5.92 Å². The molecule has 88 valence electrons. The maximum Gasteiger partial charge on any atom is 0.126 e. The molecule has 2 rings (SSSR count). The Balaban J connectivity index is 1.97. The van der Waals surface area contributed by atoms with Crippen LogP contribution in [0.2, 0.25) is 0 Å². The molecular formula is C15H16FN. The minimum Gasteiger partial charge on any atom is -0.265 e. The van der Waals surface area contributed by atoms with Gasteiger partial charge in [0.15, 0.2) is 0 Å². The maximum atomic E-state index is 13.4. The highest BCUT2D eigenvalue weighted by atomic mass is 19.1. The Morgan fingerprint density at radius 3 is 2.53 bits per heavy atom. The zero-order valence-electron chi connectivity index (χ0n) is 9.94. The normalized spacial score (nSPS) is 12.4. The summed E-state index contributed by atoms with van der Waals surface area (Å²) in [6.07, 6.45) is 5.32. The minimum atomic E-state index is -0.102. The number of aryl methyl sites for hydroxylation is 1. The number of hydrogen-bond acceptors (Lipinski definition) is 1.